The summed E-state index contributed by atoms with van der Waals surface area (Å²) < 4.78 is 4.82. The zero-order valence-corrected chi connectivity index (χ0v) is 8.85. The summed E-state index contributed by atoms with van der Waals surface area (Å²) in [5.41, 5.74) is 5.76. The van der Waals surface area contributed by atoms with Gasteiger partial charge in [-0.05, 0) is 6.07 Å². The molecule has 1 aromatic rings. The minimum absolute atomic E-state index is 0. The van der Waals surface area contributed by atoms with Gasteiger partial charge in [-0.15, -0.1) is 12.4 Å². The standard InChI is InChI=1S/C8H8ClNO3.ClH/c1-13-7-3-6(10)5(9)2-4(7)8(11)12;/h2-3H,10H2,1H3,(H,11,12);1H. The monoisotopic (exact) mass is 237 g/mol. The maximum atomic E-state index is 10.7. The minimum atomic E-state index is -1.10. The number of rotatable bonds is 2. The number of nitrogen functional groups attached to an aromatic ring is 1. The number of nitrogens with two attached hydrogens (primary N) is 1. The fourth-order valence-electron chi connectivity index (χ4n) is 0.905. The van der Waals surface area contributed by atoms with E-state index < -0.39 is 5.97 Å². The van der Waals surface area contributed by atoms with Gasteiger partial charge in [0.2, 0.25) is 0 Å². The summed E-state index contributed by atoms with van der Waals surface area (Å²) >= 11 is 5.64. The van der Waals surface area contributed by atoms with Gasteiger partial charge in [-0.1, -0.05) is 11.6 Å². The van der Waals surface area contributed by atoms with Crippen molar-refractivity contribution in [3.05, 3.63) is 22.7 Å². The molecule has 0 bridgehead atoms. The third-order valence-corrected chi connectivity index (χ3v) is 1.88. The second kappa shape index (κ2) is 4.93. The van der Waals surface area contributed by atoms with Gasteiger partial charge in [0.05, 0.1) is 17.8 Å². The van der Waals surface area contributed by atoms with Crippen molar-refractivity contribution in [3.8, 4) is 5.75 Å². The third kappa shape index (κ3) is 2.43. The number of carboxylic acid groups (broad SMARTS) is 1. The van der Waals surface area contributed by atoms with Crippen LogP contribution in [0.5, 0.6) is 5.75 Å². The predicted octanol–water partition coefficient (Wildman–Crippen LogP) is 2.05. The number of hydrogen-bond donors (Lipinski definition) is 2. The largest absolute Gasteiger partial charge is 0.496 e. The Labute approximate surface area is 92.0 Å². The maximum absolute atomic E-state index is 10.7. The van der Waals surface area contributed by atoms with E-state index in [2.05, 4.69) is 0 Å². The summed E-state index contributed by atoms with van der Waals surface area (Å²) in [6.07, 6.45) is 0. The zero-order chi connectivity index (χ0) is 10.0. The first kappa shape index (κ1) is 12.9. The number of carboxylic acids is 1. The van der Waals surface area contributed by atoms with Crippen molar-refractivity contribution >= 4 is 35.7 Å². The first-order valence-electron chi connectivity index (χ1n) is 3.42. The Balaban J connectivity index is 0.00000169. The van der Waals surface area contributed by atoms with Crippen molar-refractivity contribution in [2.24, 2.45) is 0 Å². The number of carbonyl (C=O) groups is 1. The van der Waals surface area contributed by atoms with Crippen molar-refractivity contribution < 1.29 is 14.6 Å². The molecule has 0 atom stereocenters. The molecule has 0 amide bonds. The van der Waals surface area contributed by atoms with Gasteiger partial charge >= 0.3 is 5.97 Å². The van der Waals surface area contributed by atoms with Crippen LogP contribution in [0.1, 0.15) is 10.4 Å². The van der Waals surface area contributed by atoms with Crippen LogP contribution in [-0.4, -0.2) is 18.2 Å². The molecule has 0 aliphatic carbocycles. The lowest BCUT2D eigenvalue weighted by atomic mass is 10.2. The van der Waals surface area contributed by atoms with Crippen molar-refractivity contribution in [1.82, 2.24) is 0 Å². The van der Waals surface area contributed by atoms with Gasteiger partial charge in [-0.3, -0.25) is 0 Å². The van der Waals surface area contributed by atoms with Gasteiger partial charge in [0.1, 0.15) is 11.3 Å². The lowest BCUT2D eigenvalue weighted by Gasteiger charge is -2.06. The van der Waals surface area contributed by atoms with Crippen LogP contribution in [0.2, 0.25) is 5.02 Å². The van der Waals surface area contributed by atoms with Crippen LogP contribution in [0.15, 0.2) is 12.1 Å². The highest BCUT2D eigenvalue weighted by atomic mass is 35.5. The highest BCUT2D eigenvalue weighted by Gasteiger charge is 2.13. The van der Waals surface area contributed by atoms with Crippen LogP contribution in [0.3, 0.4) is 0 Å². The molecular formula is C8H9Cl2NO3. The summed E-state index contributed by atoms with van der Waals surface area (Å²) in [5, 5.41) is 8.94. The third-order valence-electron chi connectivity index (χ3n) is 1.55. The van der Waals surface area contributed by atoms with Crippen LogP contribution in [0, 0.1) is 0 Å². The number of ether oxygens (including phenoxy) is 1. The van der Waals surface area contributed by atoms with Crippen molar-refractivity contribution in [2.45, 2.75) is 0 Å². The van der Waals surface area contributed by atoms with Crippen LogP contribution < -0.4 is 10.5 Å². The summed E-state index contributed by atoms with van der Waals surface area (Å²) in [5.74, 6) is -0.895. The molecule has 6 heteroatoms. The van der Waals surface area contributed by atoms with Crippen LogP contribution in [-0.2, 0) is 0 Å². The van der Waals surface area contributed by atoms with Gasteiger partial charge in [0.15, 0.2) is 0 Å². The summed E-state index contributed by atoms with van der Waals surface area (Å²) in [6, 6.07) is 2.64. The summed E-state index contributed by atoms with van der Waals surface area (Å²) in [4.78, 5) is 10.7. The lowest BCUT2D eigenvalue weighted by molar-refractivity contribution is 0.0693. The molecule has 0 saturated heterocycles. The number of benzene rings is 1. The topological polar surface area (TPSA) is 72.5 Å². The Kier molecular flexibility index (Phi) is 4.53. The highest BCUT2D eigenvalue weighted by molar-refractivity contribution is 6.33. The molecule has 1 rings (SSSR count). The second-order valence-corrected chi connectivity index (χ2v) is 2.79. The molecule has 0 aromatic heterocycles. The Hall–Kier alpha value is -1.13. The highest BCUT2D eigenvalue weighted by Crippen LogP contribution is 2.28. The average Bonchev–Trinajstić information content (AvgIpc) is 2.08. The molecule has 0 spiro atoms. The van der Waals surface area contributed by atoms with Gasteiger partial charge in [0, 0.05) is 6.07 Å². The number of aromatic carboxylic acids is 1. The summed E-state index contributed by atoms with van der Waals surface area (Å²) in [7, 11) is 1.37. The molecule has 4 nitrogen and oxygen atoms in total. The first-order valence-corrected chi connectivity index (χ1v) is 3.80. The van der Waals surface area contributed by atoms with E-state index in [1.807, 2.05) is 0 Å². The maximum Gasteiger partial charge on any atom is 0.339 e. The Bertz CT molecular complexity index is 355. The Morgan fingerprint density at radius 1 is 1.57 bits per heavy atom. The van der Waals surface area contributed by atoms with Crippen LogP contribution in [0.4, 0.5) is 5.69 Å². The molecule has 0 unspecified atom stereocenters. The van der Waals surface area contributed by atoms with Gasteiger partial charge in [0.25, 0.3) is 0 Å². The molecule has 0 aliphatic heterocycles. The minimum Gasteiger partial charge on any atom is -0.496 e. The molecule has 0 fully saturated rings. The molecule has 78 valence electrons. The van der Waals surface area contributed by atoms with E-state index in [1.165, 1.54) is 19.2 Å². The second-order valence-electron chi connectivity index (χ2n) is 2.38. The van der Waals surface area contributed by atoms with E-state index in [0.29, 0.717) is 5.69 Å². The molecule has 0 saturated carbocycles. The number of methoxy groups -OCH3 is 1. The van der Waals surface area contributed by atoms with Crippen molar-refractivity contribution in [2.75, 3.05) is 12.8 Å². The molecule has 0 aliphatic rings. The van der Waals surface area contributed by atoms with E-state index >= 15 is 0 Å². The smallest absolute Gasteiger partial charge is 0.339 e. The number of hydrogen-bond acceptors (Lipinski definition) is 3. The molecule has 14 heavy (non-hydrogen) atoms. The van der Waals surface area contributed by atoms with Gasteiger partial charge < -0.3 is 15.6 Å². The molecule has 3 N–H and O–H groups in total. The van der Waals surface area contributed by atoms with E-state index in [-0.39, 0.29) is 28.7 Å². The molecule has 1 aromatic carbocycles. The van der Waals surface area contributed by atoms with E-state index in [9.17, 15) is 4.79 Å². The summed E-state index contributed by atoms with van der Waals surface area (Å²) in [6.45, 7) is 0. The van der Waals surface area contributed by atoms with Crippen LogP contribution in [0.25, 0.3) is 0 Å². The number of halogens is 2. The van der Waals surface area contributed by atoms with Crippen LogP contribution >= 0.6 is 24.0 Å². The lowest BCUT2D eigenvalue weighted by Crippen LogP contribution is -2.01. The van der Waals surface area contributed by atoms with E-state index in [1.54, 1.807) is 0 Å². The quantitative estimate of drug-likeness (QED) is 0.773. The Morgan fingerprint density at radius 2 is 2.14 bits per heavy atom. The van der Waals surface area contributed by atoms with Crippen molar-refractivity contribution in [3.63, 3.8) is 0 Å². The molecule has 0 radical (unpaired) electrons. The molecule has 0 heterocycles. The number of anilines is 1. The SMILES string of the molecule is COc1cc(N)c(Cl)cc1C(=O)O.Cl. The average molecular weight is 238 g/mol. The van der Waals surface area contributed by atoms with E-state index in [0.717, 1.165) is 0 Å². The van der Waals surface area contributed by atoms with Gasteiger partial charge in [-0.25, -0.2) is 4.79 Å². The normalized spacial score (nSPS) is 9.00. The first-order chi connectivity index (χ1) is 6.06. The van der Waals surface area contributed by atoms with E-state index in [4.69, 9.17) is 27.2 Å². The fourth-order valence-corrected chi connectivity index (χ4v) is 1.07. The Morgan fingerprint density at radius 3 is 2.57 bits per heavy atom. The van der Waals surface area contributed by atoms with Gasteiger partial charge in [-0.2, -0.15) is 0 Å². The fraction of sp³-hybridized carbons (Fsp3) is 0.125. The van der Waals surface area contributed by atoms with Crippen molar-refractivity contribution in [1.29, 1.82) is 0 Å². The zero-order valence-electron chi connectivity index (χ0n) is 7.28. The predicted molar refractivity (Wildman–Crippen MR) is 56.6 cm³/mol. The molecular weight excluding hydrogens is 229 g/mol.